The number of esters is 1. The van der Waals surface area contributed by atoms with Crippen molar-refractivity contribution in [1.29, 1.82) is 0 Å². The molecule has 2 unspecified atom stereocenters. The highest BCUT2D eigenvalue weighted by molar-refractivity contribution is 7.47. The van der Waals surface area contributed by atoms with Crippen LogP contribution in [0.5, 0.6) is 0 Å². The first-order valence-corrected chi connectivity index (χ1v) is 25.7. The molecule has 0 spiro atoms. The van der Waals surface area contributed by atoms with Gasteiger partial charge in [0.15, 0.2) is 0 Å². The van der Waals surface area contributed by atoms with Gasteiger partial charge in [-0.1, -0.05) is 188 Å². The lowest BCUT2D eigenvalue weighted by atomic mass is 10.1. The van der Waals surface area contributed by atoms with Crippen molar-refractivity contribution in [2.24, 2.45) is 5.73 Å². The first-order valence-electron chi connectivity index (χ1n) is 24.2. The molecular weight excluding hydrogens is 782 g/mol. The van der Waals surface area contributed by atoms with Gasteiger partial charge in [-0.2, -0.15) is 0 Å². The van der Waals surface area contributed by atoms with Crippen molar-refractivity contribution in [1.82, 2.24) is 0 Å². The lowest BCUT2D eigenvalue weighted by Gasteiger charge is -2.20. The summed E-state index contributed by atoms with van der Waals surface area (Å²) in [6.45, 7) is 4.71. The van der Waals surface area contributed by atoms with Gasteiger partial charge in [0.05, 0.1) is 19.8 Å². The minimum absolute atomic E-state index is 0.0853. The molecule has 0 amide bonds. The fraction of sp³-hybridized carbons (Fsp3) is 0.673. The van der Waals surface area contributed by atoms with Crippen LogP contribution in [0, 0.1) is 0 Å². The number of hydrogen-bond acceptors (Lipinski definition) is 7. The van der Waals surface area contributed by atoms with E-state index in [-0.39, 0.29) is 32.8 Å². The molecular formula is C52H90NO7P. The van der Waals surface area contributed by atoms with E-state index in [1.165, 1.54) is 96.3 Å². The first kappa shape index (κ1) is 58.4. The van der Waals surface area contributed by atoms with Crippen LogP contribution in [0.4, 0.5) is 0 Å². The third-order valence-corrected chi connectivity index (χ3v) is 10.7. The lowest BCUT2D eigenvalue weighted by Crippen LogP contribution is -2.28. The molecule has 0 aliphatic rings. The maximum Gasteiger partial charge on any atom is 0.472 e. The highest BCUT2D eigenvalue weighted by Gasteiger charge is 2.25. The Balaban J connectivity index is 4.13. The Hall–Kier alpha value is -2.58. The summed E-state index contributed by atoms with van der Waals surface area (Å²) in [6.07, 6.45) is 64.4. The number of rotatable bonds is 45. The number of allylic oxidation sites excluding steroid dienone is 16. The van der Waals surface area contributed by atoms with E-state index < -0.39 is 19.9 Å². The second-order valence-corrected chi connectivity index (χ2v) is 17.0. The van der Waals surface area contributed by atoms with Crippen molar-refractivity contribution in [3.8, 4) is 0 Å². The number of nitrogens with two attached hydrogens (primary N) is 1. The first-order chi connectivity index (χ1) is 29.9. The number of carbonyl (C=O) groups excluding carboxylic acids is 1. The Labute approximate surface area is 374 Å². The van der Waals surface area contributed by atoms with E-state index in [9.17, 15) is 14.3 Å². The molecule has 0 saturated heterocycles. The van der Waals surface area contributed by atoms with Crippen LogP contribution in [0.1, 0.15) is 187 Å². The van der Waals surface area contributed by atoms with Gasteiger partial charge in [0, 0.05) is 19.6 Å². The normalized spacial score (nSPS) is 14.2. The van der Waals surface area contributed by atoms with Gasteiger partial charge >= 0.3 is 13.8 Å². The van der Waals surface area contributed by atoms with Crippen molar-refractivity contribution in [3.63, 3.8) is 0 Å². The zero-order chi connectivity index (χ0) is 44.4. The molecule has 0 aliphatic carbocycles. The quantitative estimate of drug-likeness (QED) is 0.0269. The number of hydrogen-bond donors (Lipinski definition) is 2. The molecule has 0 radical (unpaired) electrons. The predicted octanol–water partition coefficient (Wildman–Crippen LogP) is 15.0. The largest absolute Gasteiger partial charge is 0.472 e. The van der Waals surface area contributed by atoms with Crippen LogP contribution in [-0.2, 0) is 27.9 Å². The van der Waals surface area contributed by atoms with E-state index in [0.29, 0.717) is 13.0 Å². The van der Waals surface area contributed by atoms with E-state index in [1.807, 2.05) is 0 Å². The van der Waals surface area contributed by atoms with Crippen molar-refractivity contribution in [3.05, 3.63) is 97.2 Å². The fourth-order valence-electron chi connectivity index (χ4n) is 6.22. The Kier molecular flexibility index (Phi) is 46.4. The molecule has 2 atom stereocenters. The monoisotopic (exact) mass is 872 g/mol. The average Bonchev–Trinajstić information content (AvgIpc) is 3.25. The summed E-state index contributed by atoms with van der Waals surface area (Å²) in [5.74, 6) is -0.391. The number of unbranched alkanes of at least 4 members (excludes halogenated alkanes) is 16. The smallest absolute Gasteiger partial charge is 0.457 e. The fourth-order valence-corrected chi connectivity index (χ4v) is 6.98. The van der Waals surface area contributed by atoms with Gasteiger partial charge in [-0.25, -0.2) is 4.57 Å². The topological polar surface area (TPSA) is 117 Å². The second kappa shape index (κ2) is 48.5. The minimum atomic E-state index is -4.30. The number of ether oxygens (including phenoxy) is 2. The van der Waals surface area contributed by atoms with Gasteiger partial charge in [-0.05, 0) is 89.9 Å². The molecule has 0 rings (SSSR count). The van der Waals surface area contributed by atoms with Gasteiger partial charge in [0.25, 0.3) is 0 Å². The van der Waals surface area contributed by atoms with Gasteiger partial charge < -0.3 is 20.1 Å². The van der Waals surface area contributed by atoms with E-state index in [1.54, 1.807) is 0 Å². The summed E-state index contributed by atoms with van der Waals surface area (Å²) in [5, 5.41) is 0. The van der Waals surface area contributed by atoms with E-state index in [4.69, 9.17) is 24.3 Å². The predicted molar refractivity (Wildman–Crippen MR) is 261 cm³/mol. The van der Waals surface area contributed by atoms with Crippen LogP contribution < -0.4 is 5.73 Å². The van der Waals surface area contributed by atoms with Crippen LogP contribution in [0.3, 0.4) is 0 Å². The summed E-state index contributed by atoms with van der Waals surface area (Å²) < 4.78 is 33.5. The Morgan fingerprint density at radius 1 is 0.508 bits per heavy atom. The molecule has 350 valence electrons. The van der Waals surface area contributed by atoms with Crippen LogP contribution >= 0.6 is 7.82 Å². The highest BCUT2D eigenvalue weighted by Crippen LogP contribution is 2.43. The molecule has 9 heteroatoms. The number of carbonyl (C=O) groups is 1. The summed E-state index contributed by atoms with van der Waals surface area (Å²) in [5.41, 5.74) is 5.38. The summed E-state index contributed by atoms with van der Waals surface area (Å²) in [7, 11) is -4.30. The average molecular weight is 872 g/mol. The summed E-state index contributed by atoms with van der Waals surface area (Å²) in [6, 6.07) is 0. The van der Waals surface area contributed by atoms with Crippen molar-refractivity contribution in [2.75, 3.05) is 33.0 Å². The molecule has 0 bridgehead atoms. The molecule has 0 aromatic heterocycles. The molecule has 3 N–H and O–H groups in total. The molecule has 61 heavy (non-hydrogen) atoms. The standard InChI is InChI=1S/C52H90NO7P/c1-3-5-7-9-11-13-15-17-19-21-23-24-25-26-27-29-31-33-35-37-39-41-43-45-52(54)60-51(50-59-61(55,56)58-48-46-53)49-57-47-44-42-40-38-36-34-32-30-28-22-20-18-16-14-12-10-8-6-4-2/h5,7,11,13,17,19-20,22-24,26-27,31,33,37,39,51H,3-4,6,8-10,12,14-16,18,21,25,28-30,32,34-36,38,40-50,53H2,1-2H3,(H,55,56)/b7-5-,13-11-,19-17-,22-20-,24-23-,27-26-,33-31-,39-37-. The Morgan fingerprint density at radius 3 is 1.39 bits per heavy atom. The van der Waals surface area contributed by atoms with Crippen LogP contribution in [0.25, 0.3) is 0 Å². The maximum atomic E-state index is 12.6. The van der Waals surface area contributed by atoms with Crippen molar-refractivity contribution in [2.45, 2.75) is 193 Å². The SMILES string of the molecule is CC/C=C\C/C=C\C/C=C\C/C=C\C/C=C\C/C=C\C/C=C\CCCC(=O)OC(COCCCCCCCCCC/C=C\CCCCCCCCC)COP(=O)(O)OCCN. The third kappa shape index (κ3) is 48.3. The minimum Gasteiger partial charge on any atom is -0.457 e. The number of phosphoric ester groups is 1. The molecule has 0 heterocycles. The third-order valence-electron chi connectivity index (χ3n) is 9.74. The van der Waals surface area contributed by atoms with Gasteiger partial charge in [-0.15, -0.1) is 0 Å². The summed E-state index contributed by atoms with van der Waals surface area (Å²) in [4.78, 5) is 22.5. The lowest BCUT2D eigenvalue weighted by molar-refractivity contribution is -0.154. The van der Waals surface area contributed by atoms with Gasteiger partial charge in [-0.3, -0.25) is 13.8 Å². The highest BCUT2D eigenvalue weighted by atomic mass is 31.2. The maximum absolute atomic E-state index is 12.6. The van der Waals surface area contributed by atoms with Crippen molar-refractivity contribution < 1.29 is 32.8 Å². The second-order valence-electron chi connectivity index (χ2n) is 15.6. The Morgan fingerprint density at radius 2 is 0.918 bits per heavy atom. The van der Waals surface area contributed by atoms with E-state index >= 15 is 0 Å². The molecule has 0 aromatic carbocycles. The van der Waals surface area contributed by atoms with E-state index in [0.717, 1.165) is 64.2 Å². The van der Waals surface area contributed by atoms with E-state index in [2.05, 4.69) is 111 Å². The van der Waals surface area contributed by atoms with Gasteiger partial charge in [0.1, 0.15) is 6.10 Å². The van der Waals surface area contributed by atoms with Crippen molar-refractivity contribution >= 4 is 13.8 Å². The zero-order valence-corrected chi connectivity index (χ0v) is 39.8. The number of phosphoric acid groups is 1. The molecule has 0 aliphatic heterocycles. The molecule has 0 aromatic rings. The molecule has 0 fully saturated rings. The van der Waals surface area contributed by atoms with Crippen LogP contribution in [-0.4, -0.2) is 49.9 Å². The molecule has 8 nitrogen and oxygen atoms in total. The molecule has 0 saturated carbocycles. The van der Waals surface area contributed by atoms with Crippen LogP contribution in [0.2, 0.25) is 0 Å². The summed E-state index contributed by atoms with van der Waals surface area (Å²) >= 11 is 0. The van der Waals surface area contributed by atoms with Gasteiger partial charge in [0.2, 0.25) is 0 Å². The van der Waals surface area contributed by atoms with Crippen LogP contribution in [0.15, 0.2) is 97.2 Å². The Bertz CT molecular complexity index is 1250. The zero-order valence-electron chi connectivity index (χ0n) is 38.9.